The predicted molar refractivity (Wildman–Crippen MR) is 189 cm³/mol. The van der Waals surface area contributed by atoms with E-state index in [-0.39, 0.29) is 40.9 Å². The number of carboxylic acid groups (broad SMARTS) is 1. The van der Waals surface area contributed by atoms with Gasteiger partial charge in [0.15, 0.2) is 5.69 Å². The third-order valence-corrected chi connectivity index (χ3v) is 10.5. The van der Waals surface area contributed by atoms with Gasteiger partial charge in [-0.05, 0) is 74.1 Å². The average Bonchev–Trinajstić information content (AvgIpc) is 3.47. The number of imide groups is 1. The Balaban J connectivity index is 0.866. The van der Waals surface area contributed by atoms with E-state index in [0.717, 1.165) is 68.2 Å². The number of aromatic carboxylic acids is 1. The number of fused-ring (bicyclic) bond motifs is 1. The molecule has 0 bridgehead atoms. The summed E-state index contributed by atoms with van der Waals surface area (Å²) in [5.41, 5.74) is 0.951. The molecule has 12 nitrogen and oxygen atoms in total. The number of hydrogen-bond acceptors (Lipinski definition) is 9. The molecule has 280 valence electrons. The van der Waals surface area contributed by atoms with Gasteiger partial charge in [0.05, 0.1) is 41.5 Å². The molecule has 2 N–H and O–H groups in total. The molecule has 2 aliphatic heterocycles. The van der Waals surface area contributed by atoms with Gasteiger partial charge in [-0.1, -0.05) is 12.1 Å². The van der Waals surface area contributed by atoms with Gasteiger partial charge >= 0.3 is 12.1 Å². The number of carbonyl (C=O) groups excluding carboxylic acids is 2. The van der Waals surface area contributed by atoms with E-state index in [4.69, 9.17) is 9.47 Å². The number of aryl methyl sites for hydroxylation is 1. The van der Waals surface area contributed by atoms with Crippen LogP contribution in [0.15, 0.2) is 54.7 Å². The van der Waals surface area contributed by atoms with E-state index in [1.165, 1.54) is 30.5 Å². The number of benzene rings is 2. The maximum atomic E-state index is 14.1. The van der Waals surface area contributed by atoms with Crippen LogP contribution in [-0.4, -0.2) is 94.1 Å². The highest BCUT2D eigenvalue weighted by Crippen LogP contribution is 2.41. The molecule has 0 spiro atoms. The molecule has 2 saturated heterocycles. The second kappa shape index (κ2) is 15.1. The maximum Gasteiger partial charge on any atom is 0.417 e. The fourth-order valence-corrected chi connectivity index (χ4v) is 7.63. The van der Waals surface area contributed by atoms with Crippen LogP contribution in [-0.2, 0) is 27.5 Å². The number of rotatable bonds is 10. The molecule has 3 aliphatic rings. The van der Waals surface area contributed by atoms with Gasteiger partial charge in [0.1, 0.15) is 5.75 Å². The minimum atomic E-state index is -4.72. The Morgan fingerprint density at radius 2 is 1.72 bits per heavy atom. The van der Waals surface area contributed by atoms with E-state index in [0.29, 0.717) is 38.0 Å². The van der Waals surface area contributed by atoms with Crippen molar-refractivity contribution < 1.29 is 42.1 Å². The first-order valence-electron chi connectivity index (χ1n) is 17.9. The SMILES string of the molecule is Cn1nc(C2CCC(=O)NC2=O)c2ccc(N3CCN(CCOC4CCC(Oc5ccc(-c6cccnc6C(=O)O)c(C(F)(F)F)c5)CC4)CC3)cc21. The van der Waals surface area contributed by atoms with Crippen LogP contribution in [0.4, 0.5) is 18.9 Å². The van der Waals surface area contributed by atoms with Gasteiger partial charge in [0, 0.05) is 69.0 Å². The molecule has 1 unspecified atom stereocenters. The molecular formula is C38H41F3N6O6. The lowest BCUT2D eigenvalue weighted by atomic mass is 9.93. The van der Waals surface area contributed by atoms with Crippen LogP contribution in [0.3, 0.4) is 0 Å². The summed E-state index contributed by atoms with van der Waals surface area (Å²) in [6, 6.07) is 12.6. The van der Waals surface area contributed by atoms with Crippen LogP contribution in [0.1, 0.15) is 66.2 Å². The first-order chi connectivity index (χ1) is 25.4. The number of piperazine rings is 1. The molecule has 2 amide bonds. The normalized spacial score (nSPS) is 21.5. The van der Waals surface area contributed by atoms with Crippen LogP contribution < -0.4 is 15.0 Å². The lowest BCUT2D eigenvalue weighted by Crippen LogP contribution is -2.47. The number of hydrogen-bond donors (Lipinski definition) is 2. The van der Waals surface area contributed by atoms with Crippen molar-refractivity contribution in [1.29, 1.82) is 0 Å². The number of nitrogens with one attached hydrogen (secondary N) is 1. The molecule has 2 aromatic heterocycles. The first kappa shape index (κ1) is 36.3. The number of alkyl halides is 3. The summed E-state index contributed by atoms with van der Waals surface area (Å²) in [6.07, 6.45) is -0.155. The molecule has 15 heteroatoms. The lowest BCUT2D eigenvalue weighted by molar-refractivity contribution is -0.137. The molecule has 0 radical (unpaired) electrons. The zero-order valence-corrected chi connectivity index (χ0v) is 29.3. The Morgan fingerprint density at radius 1 is 0.962 bits per heavy atom. The molecule has 7 rings (SSSR count). The van der Waals surface area contributed by atoms with Gasteiger partial charge in [0.25, 0.3) is 0 Å². The highest BCUT2D eigenvalue weighted by molar-refractivity contribution is 6.02. The third kappa shape index (κ3) is 8.00. The number of piperidine rings is 1. The van der Waals surface area contributed by atoms with E-state index in [9.17, 15) is 32.7 Å². The van der Waals surface area contributed by atoms with Crippen molar-refractivity contribution >= 4 is 34.4 Å². The van der Waals surface area contributed by atoms with Crippen molar-refractivity contribution in [2.75, 3.05) is 44.2 Å². The van der Waals surface area contributed by atoms with Crippen LogP contribution >= 0.6 is 0 Å². The van der Waals surface area contributed by atoms with E-state index in [1.54, 1.807) is 4.68 Å². The smallest absolute Gasteiger partial charge is 0.417 e. The van der Waals surface area contributed by atoms with Gasteiger partial charge in [-0.25, -0.2) is 9.78 Å². The van der Waals surface area contributed by atoms with E-state index in [1.807, 2.05) is 13.1 Å². The summed E-state index contributed by atoms with van der Waals surface area (Å²) in [4.78, 5) is 44.2. The number of amides is 2. The van der Waals surface area contributed by atoms with Gasteiger partial charge in [-0.3, -0.25) is 24.5 Å². The fourth-order valence-electron chi connectivity index (χ4n) is 7.63. The number of nitrogens with zero attached hydrogens (tertiary/aromatic N) is 5. The summed E-state index contributed by atoms with van der Waals surface area (Å²) >= 11 is 0. The summed E-state index contributed by atoms with van der Waals surface area (Å²) < 4.78 is 56.3. The number of pyridine rings is 1. The largest absolute Gasteiger partial charge is 0.490 e. The Bertz CT molecular complexity index is 2000. The number of ether oxygens (including phenoxy) is 2. The zero-order valence-electron chi connectivity index (χ0n) is 29.3. The Morgan fingerprint density at radius 3 is 2.43 bits per heavy atom. The molecular weight excluding hydrogens is 693 g/mol. The van der Waals surface area contributed by atoms with Crippen LogP contribution in [0.2, 0.25) is 0 Å². The van der Waals surface area contributed by atoms with Crippen LogP contribution in [0, 0.1) is 0 Å². The van der Waals surface area contributed by atoms with Gasteiger partial charge in [0.2, 0.25) is 11.8 Å². The molecule has 1 saturated carbocycles. The second-order valence-corrected chi connectivity index (χ2v) is 13.8. The lowest BCUT2D eigenvalue weighted by Gasteiger charge is -2.36. The Labute approximate surface area is 303 Å². The minimum Gasteiger partial charge on any atom is -0.490 e. The van der Waals surface area contributed by atoms with Gasteiger partial charge in [-0.2, -0.15) is 18.3 Å². The van der Waals surface area contributed by atoms with Crippen LogP contribution in [0.5, 0.6) is 5.75 Å². The monoisotopic (exact) mass is 734 g/mol. The third-order valence-electron chi connectivity index (χ3n) is 10.5. The molecule has 3 fully saturated rings. The standard InChI is InChI=1S/C38H41F3N6O6/c1-45-32-21-23(4-10-29(32)34(44-45)30-12-13-33(48)43-36(30)49)47-17-15-46(16-18-47)19-20-52-24-5-7-25(8-6-24)53-26-9-11-27(31(22-26)38(39,40)41)28-3-2-14-42-35(28)37(50)51/h2-4,9-11,14,21-22,24-25,30H,5-8,12-13,15-20H2,1H3,(H,50,51)(H,43,48,49). The van der Waals surface area contributed by atoms with Crippen LogP contribution in [0.25, 0.3) is 22.0 Å². The van der Waals surface area contributed by atoms with Crippen molar-refractivity contribution in [3.05, 3.63) is 71.7 Å². The van der Waals surface area contributed by atoms with Gasteiger partial charge in [-0.15, -0.1) is 0 Å². The van der Waals surface area contributed by atoms with Crippen molar-refractivity contribution in [2.45, 2.75) is 62.8 Å². The number of halogens is 3. The summed E-state index contributed by atoms with van der Waals surface area (Å²) in [7, 11) is 1.87. The fraction of sp³-hybridized carbons (Fsp3) is 0.447. The number of carboxylic acids is 1. The van der Waals surface area contributed by atoms with Crippen molar-refractivity contribution in [2.24, 2.45) is 7.05 Å². The van der Waals surface area contributed by atoms with Crippen molar-refractivity contribution in [3.63, 3.8) is 0 Å². The second-order valence-electron chi connectivity index (χ2n) is 13.8. The predicted octanol–water partition coefficient (Wildman–Crippen LogP) is 5.40. The summed E-state index contributed by atoms with van der Waals surface area (Å²) in [5.74, 6) is -2.29. The number of anilines is 1. The van der Waals surface area contributed by atoms with Crippen molar-refractivity contribution in [3.8, 4) is 16.9 Å². The molecule has 4 heterocycles. The quantitative estimate of drug-likeness (QED) is 0.204. The van der Waals surface area contributed by atoms with Crippen molar-refractivity contribution in [1.82, 2.24) is 25.0 Å². The first-order valence-corrected chi connectivity index (χ1v) is 17.9. The number of carbonyl (C=O) groups is 3. The molecule has 1 aliphatic carbocycles. The molecule has 4 aromatic rings. The van der Waals surface area contributed by atoms with E-state index in [2.05, 4.69) is 37.3 Å². The summed E-state index contributed by atoms with van der Waals surface area (Å²) in [5, 5.41) is 17.5. The maximum absolute atomic E-state index is 14.1. The highest BCUT2D eigenvalue weighted by Gasteiger charge is 2.36. The minimum absolute atomic E-state index is 0.0555. The molecule has 53 heavy (non-hydrogen) atoms. The Kier molecular flexibility index (Phi) is 10.4. The molecule has 2 aromatic carbocycles. The van der Waals surface area contributed by atoms with E-state index >= 15 is 0 Å². The highest BCUT2D eigenvalue weighted by atomic mass is 19.4. The molecule has 1 atom stereocenters. The summed E-state index contributed by atoms with van der Waals surface area (Å²) in [6.45, 7) is 4.85. The zero-order chi connectivity index (χ0) is 37.3. The Hall–Kier alpha value is -5.02. The van der Waals surface area contributed by atoms with Gasteiger partial charge < -0.3 is 19.5 Å². The number of aromatic nitrogens is 3. The average molecular weight is 735 g/mol. The van der Waals surface area contributed by atoms with E-state index < -0.39 is 29.3 Å². The topological polar surface area (TPSA) is 139 Å².